The van der Waals surface area contributed by atoms with E-state index in [0.29, 0.717) is 6.61 Å². The van der Waals surface area contributed by atoms with Crippen molar-refractivity contribution in [2.75, 3.05) is 0 Å². The van der Waals surface area contributed by atoms with E-state index in [1.54, 1.807) is 0 Å². The van der Waals surface area contributed by atoms with Gasteiger partial charge < -0.3 is 4.74 Å². The van der Waals surface area contributed by atoms with Crippen LogP contribution in [-0.4, -0.2) is 9.78 Å². The molecule has 112 valence electrons. The highest BCUT2D eigenvalue weighted by Crippen LogP contribution is 2.20. The van der Waals surface area contributed by atoms with E-state index in [2.05, 4.69) is 29.4 Å². The smallest absolute Gasteiger partial charge is 0.119 e. The molecule has 0 saturated heterocycles. The minimum Gasteiger partial charge on any atom is -0.489 e. The molecule has 4 aromatic rings. The van der Waals surface area contributed by atoms with Crippen molar-refractivity contribution in [1.29, 1.82) is 0 Å². The van der Waals surface area contributed by atoms with Gasteiger partial charge in [0, 0.05) is 5.39 Å². The van der Waals surface area contributed by atoms with Crippen molar-refractivity contribution in [2.24, 2.45) is 0 Å². The van der Waals surface area contributed by atoms with Gasteiger partial charge in [-0.05, 0) is 35.9 Å². The van der Waals surface area contributed by atoms with Crippen LogP contribution in [0.4, 0.5) is 0 Å². The van der Waals surface area contributed by atoms with Crippen LogP contribution in [0.25, 0.3) is 16.6 Å². The van der Waals surface area contributed by atoms with Crippen molar-refractivity contribution < 1.29 is 4.74 Å². The predicted octanol–water partition coefficient (Wildman–Crippen LogP) is 4.60. The molecule has 3 nitrogen and oxygen atoms in total. The van der Waals surface area contributed by atoms with E-state index < -0.39 is 0 Å². The first kappa shape index (κ1) is 13.6. The largest absolute Gasteiger partial charge is 0.489 e. The molecule has 0 saturated carbocycles. The molecular formula is C20H16N2O. The van der Waals surface area contributed by atoms with Crippen LogP contribution in [0.2, 0.25) is 0 Å². The Morgan fingerprint density at radius 1 is 0.783 bits per heavy atom. The van der Waals surface area contributed by atoms with E-state index in [1.807, 2.05) is 65.5 Å². The summed E-state index contributed by atoms with van der Waals surface area (Å²) in [5, 5.41) is 5.60. The topological polar surface area (TPSA) is 27.1 Å². The third-order valence-electron chi connectivity index (χ3n) is 3.81. The molecule has 0 unspecified atom stereocenters. The predicted molar refractivity (Wildman–Crippen MR) is 91.8 cm³/mol. The molecule has 1 aromatic heterocycles. The number of rotatable bonds is 4. The molecule has 3 aromatic carbocycles. The molecule has 0 aliphatic carbocycles. The third kappa shape index (κ3) is 2.81. The van der Waals surface area contributed by atoms with Gasteiger partial charge in [0.05, 0.1) is 17.4 Å². The zero-order valence-electron chi connectivity index (χ0n) is 12.6. The lowest BCUT2D eigenvalue weighted by molar-refractivity contribution is 0.306. The Bertz CT molecular complexity index is 911. The molecular weight excluding hydrogens is 284 g/mol. The van der Waals surface area contributed by atoms with Gasteiger partial charge in [0.1, 0.15) is 12.4 Å². The Hall–Kier alpha value is -3.07. The van der Waals surface area contributed by atoms with Crippen molar-refractivity contribution in [3.8, 4) is 11.4 Å². The van der Waals surface area contributed by atoms with E-state index in [9.17, 15) is 0 Å². The van der Waals surface area contributed by atoms with Gasteiger partial charge in [0.25, 0.3) is 0 Å². The first-order valence-electron chi connectivity index (χ1n) is 7.60. The first-order chi connectivity index (χ1) is 11.4. The normalized spacial score (nSPS) is 10.8. The second kappa shape index (κ2) is 5.97. The number of hydrogen-bond donors (Lipinski definition) is 0. The van der Waals surface area contributed by atoms with Gasteiger partial charge in [-0.15, -0.1) is 0 Å². The maximum absolute atomic E-state index is 5.82. The summed E-state index contributed by atoms with van der Waals surface area (Å²) in [6.07, 6.45) is 1.88. The third-order valence-corrected chi connectivity index (χ3v) is 3.81. The molecule has 0 bridgehead atoms. The number of para-hydroxylation sites is 1. The van der Waals surface area contributed by atoms with E-state index in [-0.39, 0.29) is 0 Å². The second-order valence-electron chi connectivity index (χ2n) is 5.38. The number of benzene rings is 3. The number of nitrogens with zero attached hydrogens (tertiary/aromatic N) is 2. The standard InChI is InChI=1S/C20H16N2O/c1-2-6-16(7-3-1)15-23-19-12-10-18(11-13-19)22-20-9-5-4-8-17(20)14-21-22/h1-14H,15H2. The van der Waals surface area contributed by atoms with Crippen LogP contribution in [0, 0.1) is 0 Å². The summed E-state index contributed by atoms with van der Waals surface area (Å²) in [6.45, 7) is 0.574. The molecule has 23 heavy (non-hydrogen) atoms. The highest BCUT2D eigenvalue weighted by molar-refractivity contribution is 5.80. The minimum atomic E-state index is 0.574. The molecule has 0 amide bonds. The van der Waals surface area contributed by atoms with Gasteiger partial charge in [-0.3, -0.25) is 0 Å². The van der Waals surface area contributed by atoms with E-state index in [0.717, 1.165) is 27.9 Å². The van der Waals surface area contributed by atoms with Crippen molar-refractivity contribution in [3.63, 3.8) is 0 Å². The Balaban J connectivity index is 1.54. The lowest BCUT2D eigenvalue weighted by Gasteiger charge is -2.08. The Morgan fingerprint density at radius 3 is 2.35 bits per heavy atom. The average molecular weight is 300 g/mol. The highest BCUT2D eigenvalue weighted by atomic mass is 16.5. The van der Waals surface area contributed by atoms with Crippen molar-refractivity contribution in [3.05, 3.63) is 90.6 Å². The molecule has 0 N–H and O–H groups in total. The van der Waals surface area contributed by atoms with Crippen LogP contribution >= 0.6 is 0 Å². The fourth-order valence-corrected chi connectivity index (χ4v) is 2.60. The molecule has 4 rings (SSSR count). The summed E-state index contributed by atoms with van der Waals surface area (Å²) in [6, 6.07) is 26.4. The van der Waals surface area contributed by atoms with Crippen molar-refractivity contribution in [1.82, 2.24) is 9.78 Å². The zero-order chi connectivity index (χ0) is 15.5. The quantitative estimate of drug-likeness (QED) is 0.550. The van der Waals surface area contributed by atoms with Crippen LogP contribution in [0.3, 0.4) is 0 Å². The summed E-state index contributed by atoms with van der Waals surface area (Å²) in [4.78, 5) is 0. The fourth-order valence-electron chi connectivity index (χ4n) is 2.60. The van der Waals surface area contributed by atoms with Gasteiger partial charge in [-0.1, -0.05) is 48.5 Å². The van der Waals surface area contributed by atoms with Crippen molar-refractivity contribution >= 4 is 10.9 Å². The Kier molecular flexibility index (Phi) is 3.53. The highest BCUT2D eigenvalue weighted by Gasteiger charge is 2.04. The first-order valence-corrected chi connectivity index (χ1v) is 7.60. The molecule has 0 aliphatic rings. The van der Waals surface area contributed by atoms with Crippen LogP contribution in [0.5, 0.6) is 5.75 Å². The lowest BCUT2D eigenvalue weighted by atomic mass is 10.2. The van der Waals surface area contributed by atoms with Gasteiger partial charge in [0.2, 0.25) is 0 Å². The van der Waals surface area contributed by atoms with Crippen LogP contribution in [0.15, 0.2) is 85.1 Å². The van der Waals surface area contributed by atoms with Gasteiger partial charge in [-0.25, -0.2) is 4.68 Å². The number of fused-ring (bicyclic) bond motifs is 1. The Labute approximate surface area is 134 Å². The zero-order valence-corrected chi connectivity index (χ0v) is 12.6. The molecule has 0 atom stereocenters. The summed E-state index contributed by atoms with van der Waals surface area (Å²) in [7, 11) is 0. The van der Waals surface area contributed by atoms with Gasteiger partial charge in [-0.2, -0.15) is 5.10 Å². The number of aromatic nitrogens is 2. The molecule has 0 aliphatic heterocycles. The maximum Gasteiger partial charge on any atom is 0.119 e. The van der Waals surface area contributed by atoms with Crippen LogP contribution in [0.1, 0.15) is 5.56 Å². The van der Waals surface area contributed by atoms with Gasteiger partial charge in [0.15, 0.2) is 0 Å². The van der Waals surface area contributed by atoms with E-state index in [1.165, 1.54) is 0 Å². The number of hydrogen-bond acceptors (Lipinski definition) is 2. The minimum absolute atomic E-state index is 0.574. The van der Waals surface area contributed by atoms with Crippen LogP contribution < -0.4 is 4.74 Å². The second-order valence-corrected chi connectivity index (χ2v) is 5.38. The summed E-state index contributed by atoms with van der Waals surface area (Å²) >= 11 is 0. The Morgan fingerprint density at radius 2 is 1.52 bits per heavy atom. The SMILES string of the molecule is c1ccc(COc2ccc(-n3ncc4ccccc43)cc2)cc1. The molecule has 3 heteroatoms. The van der Waals surface area contributed by atoms with E-state index >= 15 is 0 Å². The molecule has 1 heterocycles. The van der Waals surface area contributed by atoms with Gasteiger partial charge >= 0.3 is 0 Å². The molecule has 0 radical (unpaired) electrons. The summed E-state index contributed by atoms with van der Waals surface area (Å²) in [5.74, 6) is 0.856. The summed E-state index contributed by atoms with van der Waals surface area (Å²) in [5.41, 5.74) is 3.29. The number of ether oxygens (including phenoxy) is 1. The van der Waals surface area contributed by atoms with E-state index in [4.69, 9.17) is 4.74 Å². The lowest BCUT2D eigenvalue weighted by Crippen LogP contribution is -1.97. The van der Waals surface area contributed by atoms with Crippen LogP contribution in [-0.2, 0) is 6.61 Å². The fraction of sp³-hybridized carbons (Fsp3) is 0.0500. The summed E-state index contributed by atoms with van der Waals surface area (Å²) < 4.78 is 7.76. The monoisotopic (exact) mass is 300 g/mol. The average Bonchev–Trinajstić information content (AvgIpc) is 3.05. The maximum atomic E-state index is 5.82. The molecule has 0 fully saturated rings. The molecule has 0 spiro atoms. The van der Waals surface area contributed by atoms with Crippen molar-refractivity contribution in [2.45, 2.75) is 6.61 Å².